The number of nitrogen functional groups attached to an aromatic ring is 1. The summed E-state index contributed by atoms with van der Waals surface area (Å²) in [5.74, 6) is -0.153. The fourth-order valence-electron chi connectivity index (χ4n) is 2.03. The van der Waals surface area contributed by atoms with Gasteiger partial charge >= 0.3 is 0 Å². The zero-order valence-corrected chi connectivity index (χ0v) is 11.3. The molecule has 1 amide bonds. The van der Waals surface area contributed by atoms with Crippen LogP contribution < -0.4 is 11.1 Å². The SMILES string of the molecule is Cc1cc(N)ccc1NC(=O)C(C)OC1CCOC1. The molecule has 104 valence electrons. The lowest BCUT2D eigenvalue weighted by atomic mass is 10.1. The van der Waals surface area contributed by atoms with Crippen molar-refractivity contribution in [3.05, 3.63) is 23.8 Å². The largest absolute Gasteiger partial charge is 0.399 e. The number of nitrogens with two attached hydrogens (primary N) is 1. The van der Waals surface area contributed by atoms with Gasteiger partial charge in [-0.15, -0.1) is 0 Å². The molecule has 19 heavy (non-hydrogen) atoms. The molecule has 1 aromatic rings. The standard InChI is InChI=1S/C14H20N2O3/c1-9-7-11(15)3-4-13(9)16-14(17)10(2)19-12-5-6-18-8-12/h3-4,7,10,12H,5-6,8,15H2,1-2H3,(H,16,17). The Morgan fingerprint density at radius 3 is 3.00 bits per heavy atom. The van der Waals surface area contributed by atoms with Gasteiger partial charge in [0.15, 0.2) is 0 Å². The van der Waals surface area contributed by atoms with Crippen LogP contribution in [0.2, 0.25) is 0 Å². The van der Waals surface area contributed by atoms with Gasteiger partial charge in [-0.2, -0.15) is 0 Å². The van der Waals surface area contributed by atoms with Gasteiger partial charge in [0.2, 0.25) is 0 Å². The van der Waals surface area contributed by atoms with Crippen molar-refractivity contribution < 1.29 is 14.3 Å². The second-order valence-corrected chi connectivity index (χ2v) is 4.83. The smallest absolute Gasteiger partial charge is 0.253 e. The van der Waals surface area contributed by atoms with E-state index in [1.807, 2.05) is 13.0 Å². The lowest BCUT2D eigenvalue weighted by Crippen LogP contribution is -2.32. The third-order valence-electron chi connectivity index (χ3n) is 3.16. The van der Waals surface area contributed by atoms with Crippen molar-refractivity contribution in [2.45, 2.75) is 32.5 Å². The van der Waals surface area contributed by atoms with Gasteiger partial charge in [-0.1, -0.05) is 0 Å². The van der Waals surface area contributed by atoms with E-state index in [2.05, 4.69) is 5.32 Å². The first-order valence-electron chi connectivity index (χ1n) is 6.46. The minimum Gasteiger partial charge on any atom is -0.399 e. The lowest BCUT2D eigenvalue weighted by Gasteiger charge is -2.18. The number of anilines is 2. The van der Waals surface area contributed by atoms with Gasteiger partial charge in [0.25, 0.3) is 5.91 Å². The normalized spacial score (nSPS) is 20.2. The summed E-state index contributed by atoms with van der Waals surface area (Å²) < 4.78 is 10.9. The van der Waals surface area contributed by atoms with E-state index in [4.69, 9.17) is 15.2 Å². The van der Waals surface area contributed by atoms with Gasteiger partial charge in [-0.3, -0.25) is 4.79 Å². The van der Waals surface area contributed by atoms with Crippen molar-refractivity contribution in [2.75, 3.05) is 24.3 Å². The highest BCUT2D eigenvalue weighted by Gasteiger charge is 2.23. The van der Waals surface area contributed by atoms with E-state index in [0.717, 1.165) is 17.7 Å². The first-order chi connectivity index (χ1) is 9.06. The minimum absolute atomic E-state index is 0.0215. The van der Waals surface area contributed by atoms with Gasteiger partial charge in [-0.25, -0.2) is 0 Å². The van der Waals surface area contributed by atoms with Crippen LogP contribution in [0.5, 0.6) is 0 Å². The fraction of sp³-hybridized carbons (Fsp3) is 0.500. The highest BCUT2D eigenvalue weighted by Crippen LogP contribution is 2.18. The summed E-state index contributed by atoms with van der Waals surface area (Å²) in [5.41, 5.74) is 8.06. The number of amides is 1. The molecule has 0 aliphatic carbocycles. The average molecular weight is 264 g/mol. The molecule has 1 fully saturated rings. The summed E-state index contributed by atoms with van der Waals surface area (Å²) in [7, 11) is 0. The van der Waals surface area contributed by atoms with Gasteiger partial charge in [0, 0.05) is 18.0 Å². The highest BCUT2D eigenvalue weighted by molar-refractivity contribution is 5.94. The second-order valence-electron chi connectivity index (χ2n) is 4.83. The van der Waals surface area contributed by atoms with Gasteiger partial charge in [0.05, 0.1) is 12.7 Å². The van der Waals surface area contributed by atoms with Gasteiger partial charge in [0.1, 0.15) is 6.10 Å². The molecule has 3 N–H and O–H groups in total. The number of hydrogen-bond acceptors (Lipinski definition) is 4. The zero-order chi connectivity index (χ0) is 13.8. The number of rotatable bonds is 4. The predicted molar refractivity (Wildman–Crippen MR) is 74.0 cm³/mol. The maximum atomic E-state index is 12.0. The van der Waals surface area contributed by atoms with Crippen LogP contribution in [-0.2, 0) is 14.3 Å². The maximum absolute atomic E-state index is 12.0. The van der Waals surface area contributed by atoms with Crippen LogP contribution >= 0.6 is 0 Å². The maximum Gasteiger partial charge on any atom is 0.253 e. The summed E-state index contributed by atoms with van der Waals surface area (Å²) in [6.45, 7) is 4.93. The number of hydrogen-bond donors (Lipinski definition) is 2. The molecule has 1 heterocycles. The summed E-state index contributed by atoms with van der Waals surface area (Å²) in [4.78, 5) is 12.0. The van der Waals surface area contributed by atoms with Crippen molar-refractivity contribution in [3.63, 3.8) is 0 Å². The molecular weight excluding hydrogens is 244 g/mol. The van der Waals surface area contributed by atoms with E-state index >= 15 is 0 Å². The summed E-state index contributed by atoms with van der Waals surface area (Å²) >= 11 is 0. The average Bonchev–Trinajstić information content (AvgIpc) is 2.85. The van der Waals surface area contributed by atoms with Crippen LogP contribution in [0.15, 0.2) is 18.2 Å². The molecule has 0 spiro atoms. The van der Waals surface area contributed by atoms with E-state index in [-0.39, 0.29) is 12.0 Å². The van der Waals surface area contributed by atoms with E-state index < -0.39 is 6.10 Å². The summed E-state index contributed by atoms with van der Waals surface area (Å²) in [5, 5.41) is 2.85. The monoisotopic (exact) mass is 264 g/mol. The number of benzene rings is 1. The topological polar surface area (TPSA) is 73.6 Å². The number of ether oxygens (including phenoxy) is 2. The number of carbonyl (C=O) groups is 1. The molecule has 2 atom stereocenters. The Bertz CT molecular complexity index is 456. The van der Waals surface area contributed by atoms with Crippen LogP contribution in [0.3, 0.4) is 0 Å². The Kier molecular flexibility index (Phi) is 4.39. The lowest BCUT2D eigenvalue weighted by molar-refractivity contribution is -0.129. The Morgan fingerprint density at radius 2 is 2.37 bits per heavy atom. The molecule has 0 radical (unpaired) electrons. The van der Waals surface area contributed by atoms with Crippen molar-refractivity contribution >= 4 is 17.3 Å². The van der Waals surface area contributed by atoms with Crippen molar-refractivity contribution in [3.8, 4) is 0 Å². The Balaban J connectivity index is 1.92. The van der Waals surface area contributed by atoms with Crippen LogP contribution in [0.1, 0.15) is 18.9 Å². The van der Waals surface area contributed by atoms with Crippen LogP contribution in [0.4, 0.5) is 11.4 Å². The van der Waals surface area contributed by atoms with E-state index in [1.54, 1.807) is 19.1 Å². The third-order valence-corrected chi connectivity index (χ3v) is 3.16. The number of nitrogens with one attached hydrogen (secondary N) is 1. The van der Waals surface area contributed by atoms with Crippen molar-refractivity contribution in [1.82, 2.24) is 0 Å². The fourth-order valence-corrected chi connectivity index (χ4v) is 2.03. The van der Waals surface area contributed by atoms with Crippen molar-refractivity contribution in [2.24, 2.45) is 0 Å². The van der Waals surface area contributed by atoms with Crippen LogP contribution in [0, 0.1) is 6.92 Å². The second kappa shape index (κ2) is 6.04. The third kappa shape index (κ3) is 3.68. The highest BCUT2D eigenvalue weighted by atomic mass is 16.6. The van der Waals surface area contributed by atoms with E-state index in [0.29, 0.717) is 18.9 Å². The molecule has 1 saturated heterocycles. The van der Waals surface area contributed by atoms with E-state index in [1.165, 1.54) is 0 Å². The first kappa shape index (κ1) is 13.8. The number of aryl methyl sites for hydroxylation is 1. The molecular formula is C14H20N2O3. The molecule has 0 saturated carbocycles. The van der Waals surface area contributed by atoms with Crippen molar-refractivity contribution in [1.29, 1.82) is 0 Å². The van der Waals surface area contributed by atoms with E-state index in [9.17, 15) is 4.79 Å². The first-order valence-corrected chi connectivity index (χ1v) is 6.46. The molecule has 2 rings (SSSR count). The van der Waals surface area contributed by atoms with Crippen LogP contribution in [-0.4, -0.2) is 31.3 Å². The molecule has 2 unspecified atom stereocenters. The Morgan fingerprint density at radius 1 is 1.58 bits per heavy atom. The van der Waals surface area contributed by atoms with Crippen LogP contribution in [0.25, 0.3) is 0 Å². The molecule has 5 heteroatoms. The molecule has 1 aromatic carbocycles. The molecule has 1 aliphatic heterocycles. The molecule has 5 nitrogen and oxygen atoms in total. The van der Waals surface area contributed by atoms with Gasteiger partial charge in [-0.05, 0) is 44.0 Å². The predicted octanol–water partition coefficient (Wildman–Crippen LogP) is 1.71. The zero-order valence-electron chi connectivity index (χ0n) is 11.3. The summed E-state index contributed by atoms with van der Waals surface area (Å²) in [6.07, 6.45) is 0.371. The van der Waals surface area contributed by atoms with Gasteiger partial charge < -0.3 is 20.5 Å². The number of carbonyl (C=O) groups excluding carboxylic acids is 1. The quantitative estimate of drug-likeness (QED) is 0.812. The molecule has 0 aromatic heterocycles. The summed E-state index contributed by atoms with van der Waals surface area (Å²) in [6, 6.07) is 5.39. The Hall–Kier alpha value is -1.59. The minimum atomic E-state index is -0.497. The molecule has 0 bridgehead atoms. The Labute approximate surface area is 113 Å². The molecule has 1 aliphatic rings.